The maximum atomic E-state index is 14.1. The average Bonchev–Trinajstić information content (AvgIpc) is 3.11. The summed E-state index contributed by atoms with van der Waals surface area (Å²) in [6, 6.07) is 9.36. The second-order valence-corrected chi connectivity index (χ2v) is 9.53. The maximum absolute atomic E-state index is 14.1. The fourth-order valence-corrected chi connectivity index (χ4v) is 7.85. The molecule has 10 atom stereocenters. The smallest absolute Gasteiger partial charge is 0.188 e. The van der Waals surface area contributed by atoms with E-state index < -0.39 is 23.6 Å². The lowest BCUT2D eigenvalue weighted by atomic mass is 9.63. The van der Waals surface area contributed by atoms with E-state index in [2.05, 4.69) is 0 Å². The van der Waals surface area contributed by atoms with Gasteiger partial charge in [0.05, 0.1) is 12.2 Å². The van der Waals surface area contributed by atoms with Crippen molar-refractivity contribution in [2.24, 2.45) is 29.1 Å². The minimum atomic E-state index is -1.37. The van der Waals surface area contributed by atoms with E-state index in [1.54, 1.807) is 0 Å². The minimum absolute atomic E-state index is 0.0847. The van der Waals surface area contributed by atoms with Crippen LogP contribution in [0.5, 0.6) is 0 Å². The number of ketones is 1. The highest BCUT2D eigenvalue weighted by atomic mass is 16.8. The molecule has 1 unspecified atom stereocenters. The van der Waals surface area contributed by atoms with Crippen LogP contribution in [0.25, 0.3) is 0 Å². The van der Waals surface area contributed by atoms with E-state index in [0.717, 1.165) is 6.42 Å². The van der Waals surface area contributed by atoms with Gasteiger partial charge in [0, 0.05) is 17.3 Å². The molecule has 5 heteroatoms. The summed E-state index contributed by atoms with van der Waals surface area (Å²) >= 11 is 0. The predicted molar refractivity (Wildman–Crippen MR) is 88.8 cm³/mol. The molecule has 0 amide bonds. The predicted octanol–water partition coefficient (Wildman–Crippen LogP) is 1.84. The van der Waals surface area contributed by atoms with Crippen LogP contribution in [0.1, 0.15) is 31.9 Å². The molecule has 2 heterocycles. The first kappa shape index (κ1) is 14.7. The quantitative estimate of drug-likeness (QED) is 0.878. The van der Waals surface area contributed by atoms with Crippen molar-refractivity contribution in [3.8, 4) is 0 Å². The molecule has 5 aliphatic carbocycles. The number of carbonyl (C=O) groups is 1. The van der Waals surface area contributed by atoms with Crippen LogP contribution in [0.15, 0.2) is 30.3 Å². The molecule has 1 aromatic carbocycles. The van der Waals surface area contributed by atoms with Gasteiger partial charge in [-0.05, 0) is 37.7 Å². The van der Waals surface area contributed by atoms with Crippen molar-refractivity contribution >= 4 is 5.78 Å². The number of hydrogen-bond donors (Lipinski definition) is 1. The first-order valence-corrected chi connectivity index (χ1v) is 9.74. The molecule has 1 aromatic rings. The van der Waals surface area contributed by atoms with Crippen molar-refractivity contribution in [2.75, 3.05) is 0 Å². The molecule has 26 heavy (non-hydrogen) atoms. The topological polar surface area (TPSA) is 65.0 Å². The monoisotopic (exact) mass is 354 g/mol. The Morgan fingerprint density at radius 1 is 1.15 bits per heavy atom. The molecule has 7 fully saturated rings. The van der Waals surface area contributed by atoms with Crippen LogP contribution in [0.3, 0.4) is 0 Å². The van der Waals surface area contributed by atoms with Gasteiger partial charge in [0.25, 0.3) is 0 Å². The number of carbonyl (C=O) groups excluding carboxylic acids is 1. The van der Waals surface area contributed by atoms with Crippen LogP contribution in [-0.2, 0) is 19.0 Å². The maximum Gasteiger partial charge on any atom is 0.188 e. The van der Waals surface area contributed by atoms with Gasteiger partial charge in [-0.3, -0.25) is 4.79 Å². The zero-order valence-corrected chi connectivity index (χ0v) is 14.8. The second kappa shape index (κ2) is 3.95. The van der Waals surface area contributed by atoms with E-state index in [1.807, 2.05) is 44.2 Å². The number of fused-ring (bicyclic) bond motifs is 2. The van der Waals surface area contributed by atoms with E-state index in [1.165, 1.54) is 0 Å². The molecule has 1 N–H and O–H groups in total. The summed E-state index contributed by atoms with van der Waals surface area (Å²) in [6.45, 7) is 3.66. The van der Waals surface area contributed by atoms with Crippen molar-refractivity contribution in [3.63, 3.8) is 0 Å². The highest BCUT2D eigenvalue weighted by molar-refractivity contribution is 6.01. The molecule has 5 saturated carbocycles. The molecule has 5 nitrogen and oxygen atoms in total. The molecular weight excluding hydrogens is 332 g/mol. The normalized spacial score (nSPS) is 57.3. The van der Waals surface area contributed by atoms with Gasteiger partial charge in [-0.15, -0.1) is 0 Å². The van der Waals surface area contributed by atoms with E-state index in [-0.39, 0.29) is 29.3 Å². The van der Waals surface area contributed by atoms with E-state index in [4.69, 9.17) is 14.2 Å². The van der Waals surface area contributed by atoms with Gasteiger partial charge in [0.15, 0.2) is 17.2 Å². The highest BCUT2D eigenvalue weighted by Crippen LogP contribution is 2.89. The Labute approximate surface area is 151 Å². The van der Waals surface area contributed by atoms with Crippen molar-refractivity contribution in [2.45, 2.75) is 56.1 Å². The third-order valence-corrected chi connectivity index (χ3v) is 8.29. The number of rotatable bonds is 2. The molecule has 0 aromatic heterocycles. The Morgan fingerprint density at radius 2 is 1.92 bits per heavy atom. The van der Waals surface area contributed by atoms with E-state index in [0.29, 0.717) is 23.3 Å². The number of benzene rings is 1. The van der Waals surface area contributed by atoms with Gasteiger partial charge >= 0.3 is 0 Å². The zero-order valence-electron chi connectivity index (χ0n) is 14.8. The number of hydrogen-bond acceptors (Lipinski definition) is 5. The largest absolute Gasteiger partial charge is 0.385 e. The van der Waals surface area contributed by atoms with Gasteiger partial charge in [-0.1, -0.05) is 30.3 Å². The lowest BCUT2D eigenvalue weighted by molar-refractivity contribution is -0.203. The lowest BCUT2D eigenvalue weighted by Gasteiger charge is -2.48. The third-order valence-electron chi connectivity index (χ3n) is 8.29. The molecule has 2 aliphatic heterocycles. The molecule has 0 radical (unpaired) electrons. The Kier molecular flexibility index (Phi) is 2.24. The van der Waals surface area contributed by atoms with Gasteiger partial charge in [0.2, 0.25) is 0 Å². The van der Waals surface area contributed by atoms with Crippen molar-refractivity contribution < 1.29 is 24.1 Å². The fraction of sp³-hybridized carbons (Fsp3) is 0.667. The minimum Gasteiger partial charge on any atom is -0.385 e. The van der Waals surface area contributed by atoms with E-state index in [9.17, 15) is 9.90 Å². The summed E-state index contributed by atoms with van der Waals surface area (Å²) in [5.41, 5.74) is -1.00. The number of aliphatic hydroxyl groups excluding tert-OH is 1. The second-order valence-electron chi connectivity index (χ2n) is 9.53. The molecule has 6 bridgehead atoms. The Hall–Kier alpha value is -1.27. The molecule has 8 rings (SSSR count). The summed E-state index contributed by atoms with van der Waals surface area (Å²) in [7, 11) is 0. The summed E-state index contributed by atoms with van der Waals surface area (Å²) in [5, 5.41) is 11.4. The third kappa shape index (κ3) is 1.22. The molecule has 1 spiro atoms. The van der Waals surface area contributed by atoms with Gasteiger partial charge in [-0.2, -0.15) is 0 Å². The standard InChI is InChI=1S/C21H22O5/c1-19(2)25-17-15-12-10-8-11-13(14(10)24-15)20(11,12)18(23)21(17,26-19)16(22)9-6-4-3-5-7-9/h3-7,10-17,22H,8H2,1-2H3/t10-,11+,12+,13-,14-,15-,16?,17+,20-,21+/m1/s1. The van der Waals surface area contributed by atoms with Gasteiger partial charge in [-0.25, -0.2) is 0 Å². The zero-order chi connectivity index (χ0) is 17.6. The van der Waals surface area contributed by atoms with Gasteiger partial charge < -0.3 is 19.3 Å². The Morgan fingerprint density at radius 3 is 2.65 bits per heavy atom. The van der Waals surface area contributed by atoms with Crippen LogP contribution < -0.4 is 0 Å². The van der Waals surface area contributed by atoms with Crippen LogP contribution in [0.4, 0.5) is 0 Å². The van der Waals surface area contributed by atoms with Crippen LogP contribution in [-0.4, -0.2) is 40.6 Å². The first-order chi connectivity index (χ1) is 12.4. The Balaban J connectivity index is 1.44. The number of aliphatic hydroxyl groups is 1. The Bertz CT molecular complexity index is 851. The van der Waals surface area contributed by atoms with Crippen LogP contribution in [0, 0.1) is 29.1 Å². The SMILES string of the molecule is CC1(C)O[C@H]2[C@@H]3O[C@@H]4[C@@H]5C[C@H]6[C@H]4[C@]6(C(=O)[C@@]2(C(O)c2ccccc2)O1)[C@@H]53. The van der Waals surface area contributed by atoms with Crippen LogP contribution >= 0.6 is 0 Å². The van der Waals surface area contributed by atoms with Crippen molar-refractivity contribution in [3.05, 3.63) is 35.9 Å². The fourth-order valence-electron chi connectivity index (χ4n) is 7.85. The molecule has 7 aliphatic rings. The lowest BCUT2D eigenvalue weighted by Crippen LogP contribution is -2.67. The van der Waals surface area contributed by atoms with Crippen molar-refractivity contribution in [1.29, 1.82) is 0 Å². The average molecular weight is 354 g/mol. The van der Waals surface area contributed by atoms with Gasteiger partial charge in [0.1, 0.15) is 12.2 Å². The summed E-state index contributed by atoms with van der Waals surface area (Å²) < 4.78 is 19.0. The first-order valence-electron chi connectivity index (χ1n) is 9.74. The molecule has 136 valence electrons. The van der Waals surface area contributed by atoms with Crippen LogP contribution in [0.2, 0.25) is 0 Å². The summed E-state index contributed by atoms with van der Waals surface area (Å²) in [4.78, 5) is 14.1. The number of ether oxygens (including phenoxy) is 3. The molecular formula is C21H22O5. The van der Waals surface area contributed by atoms with E-state index >= 15 is 0 Å². The molecule has 2 saturated heterocycles. The summed E-state index contributed by atoms with van der Waals surface area (Å²) in [6.07, 6.45) is -0.441. The van der Waals surface area contributed by atoms with Crippen molar-refractivity contribution in [1.82, 2.24) is 0 Å². The summed E-state index contributed by atoms with van der Waals surface area (Å²) in [5.74, 6) is 0.683. The highest BCUT2D eigenvalue weighted by Gasteiger charge is 2.96. The number of Topliss-reactive ketones (excluding diaryl/α,β-unsaturated/α-hetero) is 1.